The molecule has 172 valence electrons. The highest BCUT2D eigenvalue weighted by Crippen LogP contribution is 2.24. The molecule has 0 radical (unpaired) electrons. The van der Waals surface area contributed by atoms with Gasteiger partial charge < -0.3 is 15.4 Å². The Labute approximate surface area is 186 Å². The average Bonchev–Trinajstić information content (AvgIpc) is 2.80. The van der Waals surface area contributed by atoms with Gasteiger partial charge in [0.05, 0.1) is 12.0 Å². The highest BCUT2D eigenvalue weighted by atomic mass is 32.2. The number of ether oxygens (including phenoxy) is 1. The maximum Gasteiger partial charge on any atom is 0.243 e. The van der Waals surface area contributed by atoms with Crippen molar-refractivity contribution in [2.24, 2.45) is 5.92 Å². The fourth-order valence-electron chi connectivity index (χ4n) is 3.46. The van der Waals surface area contributed by atoms with Gasteiger partial charge in [-0.3, -0.25) is 9.59 Å². The van der Waals surface area contributed by atoms with E-state index in [-0.39, 0.29) is 48.7 Å². The molecular weight excluding hydrogens is 437 g/mol. The van der Waals surface area contributed by atoms with Crippen molar-refractivity contribution >= 4 is 27.5 Å². The smallest absolute Gasteiger partial charge is 0.243 e. The van der Waals surface area contributed by atoms with Crippen LogP contribution in [0.2, 0.25) is 0 Å². The molecule has 0 spiro atoms. The van der Waals surface area contributed by atoms with Gasteiger partial charge in [0.25, 0.3) is 0 Å². The van der Waals surface area contributed by atoms with Crippen LogP contribution in [0.25, 0.3) is 0 Å². The topological polar surface area (TPSA) is 105 Å². The number of carbonyl (C=O) groups is 2. The standard InChI is InChI=1S/C22H26FN3O5S/c1-31-19-6-4-18(5-7-19)25-21(27)10-13-24-22(28)16-11-14-26(15-12-16)32(29,30)20-8-2-17(23)3-9-20/h2-9,16H,10-15H2,1H3,(H,24,28)(H,25,27). The molecule has 0 aliphatic carbocycles. The minimum Gasteiger partial charge on any atom is -0.497 e. The molecule has 1 fully saturated rings. The third-order valence-corrected chi connectivity index (χ3v) is 7.21. The number of rotatable bonds is 8. The fraction of sp³-hybridized carbons (Fsp3) is 0.364. The molecule has 2 N–H and O–H groups in total. The number of sulfonamides is 1. The van der Waals surface area contributed by atoms with Gasteiger partial charge in [-0.1, -0.05) is 0 Å². The summed E-state index contributed by atoms with van der Waals surface area (Å²) < 4.78 is 44.8. The van der Waals surface area contributed by atoms with E-state index in [9.17, 15) is 22.4 Å². The van der Waals surface area contributed by atoms with E-state index in [1.807, 2.05) is 0 Å². The molecule has 0 aromatic heterocycles. The highest BCUT2D eigenvalue weighted by molar-refractivity contribution is 7.89. The van der Waals surface area contributed by atoms with E-state index < -0.39 is 15.8 Å². The number of halogens is 1. The lowest BCUT2D eigenvalue weighted by Crippen LogP contribution is -2.43. The van der Waals surface area contributed by atoms with Crippen molar-refractivity contribution in [1.29, 1.82) is 0 Å². The molecule has 10 heteroatoms. The van der Waals surface area contributed by atoms with Crippen LogP contribution in [-0.2, 0) is 19.6 Å². The Kier molecular flexibility index (Phi) is 7.81. The number of methoxy groups -OCH3 is 1. The number of carbonyl (C=O) groups excluding carboxylic acids is 2. The monoisotopic (exact) mass is 463 g/mol. The fourth-order valence-corrected chi connectivity index (χ4v) is 4.93. The first kappa shape index (κ1) is 23.7. The summed E-state index contributed by atoms with van der Waals surface area (Å²) in [4.78, 5) is 24.5. The molecule has 8 nitrogen and oxygen atoms in total. The van der Waals surface area contributed by atoms with Crippen molar-refractivity contribution < 1.29 is 27.1 Å². The van der Waals surface area contributed by atoms with Gasteiger partial charge in [-0.15, -0.1) is 0 Å². The largest absolute Gasteiger partial charge is 0.497 e. The van der Waals surface area contributed by atoms with E-state index in [4.69, 9.17) is 4.74 Å². The Morgan fingerprint density at radius 2 is 1.69 bits per heavy atom. The Morgan fingerprint density at radius 3 is 2.28 bits per heavy atom. The zero-order chi connectivity index (χ0) is 23.1. The second kappa shape index (κ2) is 10.6. The van der Waals surface area contributed by atoms with Crippen molar-refractivity contribution in [1.82, 2.24) is 9.62 Å². The molecule has 1 saturated heterocycles. The van der Waals surface area contributed by atoms with E-state index in [1.54, 1.807) is 31.4 Å². The van der Waals surface area contributed by atoms with E-state index in [2.05, 4.69) is 10.6 Å². The maximum atomic E-state index is 13.1. The van der Waals surface area contributed by atoms with Crippen LogP contribution in [0, 0.1) is 11.7 Å². The van der Waals surface area contributed by atoms with Crippen LogP contribution < -0.4 is 15.4 Å². The van der Waals surface area contributed by atoms with E-state index in [0.717, 1.165) is 12.1 Å². The number of piperidine rings is 1. The second-order valence-corrected chi connectivity index (χ2v) is 9.39. The maximum absolute atomic E-state index is 13.1. The molecule has 0 atom stereocenters. The molecule has 2 aromatic carbocycles. The number of hydrogen-bond donors (Lipinski definition) is 2. The zero-order valence-corrected chi connectivity index (χ0v) is 18.5. The number of nitrogens with one attached hydrogen (secondary N) is 2. The molecular formula is C22H26FN3O5S. The first-order chi connectivity index (χ1) is 15.3. The lowest BCUT2D eigenvalue weighted by atomic mass is 9.97. The second-order valence-electron chi connectivity index (χ2n) is 7.45. The summed E-state index contributed by atoms with van der Waals surface area (Å²) in [7, 11) is -2.16. The highest BCUT2D eigenvalue weighted by Gasteiger charge is 2.32. The molecule has 2 amide bonds. The predicted molar refractivity (Wildman–Crippen MR) is 117 cm³/mol. The van der Waals surface area contributed by atoms with E-state index >= 15 is 0 Å². The molecule has 3 rings (SSSR count). The summed E-state index contributed by atoms with van der Waals surface area (Å²) in [6.45, 7) is 0.598. The normalized spacial score (nSPS) is 15.2. The Bertz CT molecular complexity index is 1030. The van der Waals surface area contributed by atoms with Gasteiger partial charge in [-0.25, -0.2) is 12.8 Å². The zero-order valence-electron chi connectivity index (χ0n) is 17.7. The van der Waals surface area contributed by atoms with Crippen LogP contribution in [0.4, 0.5) is 10.1 Å². The van der Waals surface area contributed by atoms with Gasteiger partial charge in [-0.2, -0.15) is 4.31 Å². The van der Waals surface area contributed by atoms with Gasteiger partial charge in [0.1, 0.15) is 11.6 Å². The molecule has 2 aromatic rings. The summed E-state index contributed by atoms with van der Waals surface area (Å²) in [5, 5.41) is 5.49. The Hall–Kier alpha value is -2.98. The quantitative estimate of drug-likeness (QED) is 0.626. The van der Waals surface area contributed by atoms with Crippen molar-refractivity contribution in [2.45, 2.75) is 24.2 Å². The Balaban J connectivity index is 1.41. The van der Waals surface area contributed by atoms with Gasteiger partial charge in [0.2, 0.25) is 21.8 Å². The molecule has 1 aliphatic heterocycles. The van der Waals surface area contributed by atoms with E-state index in [1.165, 1.54) is 16.4 Å². The predicted octanol–water partition coefficient (Wildman–Crippen LogP) is 2.38. The summed E-state index contributed by atoms with van der Waals surface area (Å²) in [6, 6.07) is 11.6. The van der Waals surface area contributed by atoms with E-state index in [0.29, 0.717) is 24.3 Å². The summed E-state index contributed by atoms with van der Waals surface area (Å²) in [5.74, 6) is -0.556. The van der Waals surface area contributed by atoms with Gasteiger partial charge in [-0.05, 0) is 61.4 Å². The van der Waals surface area contributed by atoms with Crippen LogP contribution in [0.3, 0.4) is 0 Å². The minimum absolute atomic E-state index is 0.0321. The number of amides is 2. The van der Waals surface area contributed by atoms with Crippen LogP contribution in [0.1, 0.15) is 19.3 Å². The number of nitrogens with zero attached hydrogens (tertiary/aromatic N) is 1. The number of anilines is 1. The van der Waals surface area contributed by atoms with Gasteiger partial charge >= 0.3 is 0 Å². The SMILES string of the molecule is COc1ccc(NC(=O)CCNC(=O)C2CCN(S(=O)(=O)c3ccc(F)cc3)CC2)cc1. The van der Waals surface area contributed by atoms with Gasteiger partial charge in [0.15, 0.2) is 0 Å². The van der Waals surface area contributed by atoms with Crippen molar-refractivity contribution in [2.75, 3.05) is 32.1 Å². The summed E-state index contributed by atoms with van der Waals surface area (Å²) >= 11 is 0. The Morgan fingerprint density at radius 1 is 1.06 bits per heavy atom. The molecule has 0 saturated carbocycles. The third kappa shape index (κ3) is 6.04. The average molecular weight is 464 g/mol. The van der Waals surface area contributed by atoms with Crippen LogP contribution >= 0.6 is 0 Å². The van der Waals surface area contributed by atoms with Gasteiger partial charge in [0, 0.05) is 37.7 Å². The van der Waals surface area contributed by atoms with Crippen LogP contribution in [0.5, 0.6) is 5.75 Å². The van der Waals surface area contributed by atoms with Crippen molar-refractivity contribution in [3.8, 4) is 5.75 Å². The van der Waals surface area contributed by atoms with Crippen molar-refractivity contribution in [3.05, 3.63) is 54.3 Å². The lowest BCUT2D eigenvalue weighted by molar-refractivity contribution is -0.126. The first-order valence-corrected chi connectivity index (χ1v) is 11.7. The molecule has 0 unspecified atom stereocenters. The number of hydrogen-bond acceptors (Lipinski definition) is 5. The molecule has 0 bridgehead atoms. The van der Waals surface area contributed by atoms with Crippen LogP contribution in [0.15, 0.2) is 53.4 Å². The minimum atomic E-state index is -3.72. The molecule has 1 aliphatic rings. The van der Waals surface area contributed by atoms with Crippen LogP contribution in [-0.4, -0.2) is 51.3 Å². The van der Waals surface area contributed by atoms with Crippen molar-refractivity contribution in [3.63, 3.8) is 0 Å². The number of benzene rings is 2. The molecule has 1 heterocycles. The molecule has 32 heavy (non-hydrogen) atoms. The summed E-state index contributed by atoms with van der Waals surface area (Å²) in [5.41, 5.74) is 0.636. The summed E-state index contributed by atoms with van der Waals surface area (Å²) in [6.07, 6.45) is 0.879. The third-order valence-electron chi connectivity index (χ3n) is 5.30. The first-order valence-electron chi connectivity index (χ1n) is 10.3. The lowest BCUT2D eigenvalue weighted by Gasteiger charge is -2.30.